The molecule has 0 amide bonds. The van der Waals surface area contributed by atoms with Gasteiger partial charge in [0.2, 0.25) is 0 Å². The lowest BCUT2D eigenvalue weighted by Gasteiger charge is -2.18. The number of hydrogen-bond donors (Lipinski definition) is 2. The summed E-state index contributed by atoms with van der Waals surface area (Å²) in [6, 6.07) is 15.9. The number of nitrogens with two attached hydrogens (primary N) is 2. The van der Waals surface area contributed by atoms with E-state index in [4.69, 9.17) is 11.6 Å². The molecule has 2 aromatic carbocycles. The zero-order chi connectivity index (χ0) is 15.8. The molecule has 0 atom stereocenters. The molecular weight excluding hydrogens is 258 g/mol. The van der Waals surface area contributed by atoms with Crippen LogP contribution in [-0.4, -0.2) is 0 Å². The second-order valence-electron chi connectivity index (χ2n) is 4.65. The predicted octanol–water partition coefficient (Wildman–Crippen LogP) is 3.97. The van der Waals surface area contributed by atoms with Crippen molar-refractivity contribution in [2.75, 3.05) is 5.01 Å². The van der Waals surface area contributed by atoms with E-state index in [1.54, 1.807) is 11.2 Å². The fourth-order valence-electron chi connectivity index (χ4n) is 2.02. The Balaban J connectivity index is 0.00000106. The summed E-state index contributed by atoms with van der Waals surface area (Å²) in [5.41, 5.74) is 10.9. The molecule has 2 rings (SSSR count). The largest absolute Gasteiger partial charge is 0.397 e. The second-order valence-corrected chi connectivity index (χ2v) is 4.65. The number of hydrogen-bond acceptors (Lipinski definition) is 3. The summed E-state index contributed by atoms with van der Waals surface area (Å²) < 4.78 is 0. The third-order valence-corrected chi connectivity index (χ3v) is 3.02. The van der Waals surface area contributed by atoms with Crippen molar-refractivity contribution in [2.45, 2.75) is 27.7 Å². The second kappa shape index (κ2) is 8.12. The average molecular weight is 283 g/mol. The lowest BCUT2D eigenvalue weighted by atomic mass is 10.1. The summed E-state index contributed by atoms with van der Waals surface area (Å²) in [4.78, 5) is 0. The summed E-state index contributed by atoms with van der Waals surface area (Å²) in [6.45, 7) is 8.10. The van der Waals surface area contributed by atoms with Crippen molar-refractivity contribution in [3.63, 3.8) is 0 Å². The summed E-state index contributed by atoms with van der Waals surface area (Å²) >= 11 is 0. The zero-order valence-corrected chi connectivity index (χ0v) is 13.3. The Hall–Kier alpha value is -2.26. The van der Waals surface area contributed by atoms with Crippen LogP contribution < -0.4 is 16.6 Å². The maximum atomic E-state index is 6.06. The number of aryl methyl sites for hydroxylation is 2. The maximum absolute atomic E-state index is 6.06. The van der Waals surface area contributed by atoms with Crippen LogP contribution >= 0.6 is 0 Å². The third-order valence-electron chi connectivity index (χ3n) is 3.02. The average Bonchev–Trinajstić information content (AvgIpc) is 2.50. The van der Waals surface area contributed by atoms with Crippen LogP contribution in [0.5, 0.6) is 0 Å². The van der Waals surface area contributed by atoms with Crippen molar-refractivity contribution in [3.05, 3.63) is 71.4 Å². The molecule has 112 valence electrons. The molecule has 0 aromatic heterocycles. The molecule has 0 aliphatic rings. The van der Waals surface area contributed by atoms with E-state index in [-0.39, 0.29) is 0 Å². The zero-order valence-electron chi connectivity index (χ0n) is 13.3. The van der Waals surface area contributed by atoms with Crippen LogP contribution in [0.4, 0.5) is 5.69 Å². The summed E-state index contributed by atoms with van der Waals surface area (Å²) in [5, 5.41) is 1.57. The number of nitrogens with zero attached hydrogens (tertiary/aromatic N) is 1. The van der Waals surface area contributed by atoms with Gasteiger partial charge in [0.05, 0.1) is 11.4 Å². The van der Waals surface area contributed by atoms with Crippen molar-refractivity contribution in [2.24, 2.45) is 11.6 Å². The quantitative estimate of drug-likeness (QED) is 0.662. The fraction of sp³-hybridized carbons (Fsp3) is 0.222. The Labute approximate surface area is 127 Å². The fourth-order valence-corrected chi connectivity index (χ4v) is 2.02. The third kappa shape index (κ3) is 4.65. The summed E-state index contributed by atoms with van der Waals surface area (Å²) in [6.07, 6.45) is 1.74. The first-order chi connectivity index (χ1) is 10.1. The molecule has 0 aliphatic carbocycles. The van der Waals surface area contributed by atoms with Gasteiger partial charge in [0.15, 0.2) is 0 Å². The van der Waals surface area contributed by atoms with Crippen LogP contribution in [0.15, 0.2) is 54.7 Å². The van der Waals surface area contributed by atoms with Crippen LogP contribution in [0.2, 0.25) is 0 Å². The van der Waals surface area contributed by atoms with Gasteiger partial charge in [-0.2, -0.15) is 0 Å². The van der Waals surface area contributed by atoms with E-state index in [1.807, 2.05) is 63.2 Å². The minimum Gasteiger partial charge on any atom is -0.397 e. The number of hydrazine groups is 1. The van der Waals surface area contributed by atoms with Gasteiger partial charge in [-0.25, -0.2) is 5.84 Å². The minimum absolute atomic E-state index is 0.642. The van der Waals surface area contributed by atoms with E-state index < -0.39 is 0 Å². The molecule has 2 aromatic rings. The van der Waals surface area contributed by atoms with Crippen molar-refractivity contribution in [1.29, 1.82) is 0 Å². The van der Waals surface area contributed by atoms with Crippen LogP contribution in [-0.2, 0) is 0 Å². The first-order valence-electron chi connectivity index (χ1n) is 7.22. The van der Waals surface area contributed by atoms with Gasteiger partial charge in [-0.1, -0.05) is 61.9 Å². The first kappa shape index (κ1) is 16.8. The van der Waals surface area contributed by atoms with Gasteiger partial charge in [0.25, 0.3) is 0 Å². The van der Waals surface area contributed by atoms with Crippen molar-refractivity contribution >= 4 is 11.4 Å². The van der Waals surface area contributed by atoms with Crippen LogP contribution in [0.3, 0.4) is 0 Å². The lowest BCUT2D eigenvalue weighted by Crippen LogP contribution is -2.26. The van der Waals surface area contributed by atoms with Gasteiger partial charge in [-0.3, -0.25) is 5.01 Å². The van der Waals surface area contributed by atoms with E-state index >= 15 is 0 Å². The summed E-state index contributed by atoms with van der Waals surface area (Å²) in [5.74, 6) is 6.06. The molecule has 0 unspecified atom stereocenters. The highest BCUT2D eigenvalue weighted by Crippen LogP contribution is 2.20. The van der Waals surface area contributed by atoms with E-state index in [0.29, 0.717) is 5.70 Å². The topological polar surface area (TPSA) is 55.3 Å². The maximum Gasteiger partial charge on any atom is 0.0598 e. The smallest absolute Gasteiger partial charge is 0.0598 e. The highest BCUT2D eigenvalue weighted by Gasteiger charge is 2.04. The standard InChI is InChI=1S/C16H19N3.C2H6/c1-12-8-9-16(13(2)10-12)19(18)11-15(17)14-6-4-3-5-7-14;1-2/h3-11H,17-18H2,1-2H3;1-2H3/b15-11-;. The van der Waals surface area contributed by atoms with Gasteiger partial charge in [-0.15, -0.1) is 0 Å². The molecule has 21 heavy (non-hydrogen) atoms. The predicted molar refractivity (Wildman–Crippen MR) is 92.5 cm³/mol. The number of rotatable bonds is 3. The van der Waals surface area contributed by atoms with Crippen molar-refractivity contribution in [3.8, 4) is 0 Å². The van der Waals surface area contributed by atoms with Crippen LogP contribution in [0, 0.1) is 13.8 Å². The van der Waals surface area contributed by atoms with E-state index in [1.165, 1.54) is 5.56 Å². The van der Waals surface area contributed by atoms with Crippen LogP contribution in [0.25, 0.3) is 5.70 Å². The lowest BCUT2D eigenvalue weighted by molar-refractivity contribution is 1.06. The Morgan fingerprint density at radius 2 is 1.62 bits per heavy atom. The molecule has 3 nitrogen and oxygen atoms in total. The monoisotopic (exact) mass is 283 g/mol. The number of anilines is 1. The first-order valence-corrected chi connectivity index (χ1v) is 7.22. The van der Waals surface area contributed by atoms with E-state index in [2.05, 4.69) is 13.0 Å². The molecule has 0 saturated heterocycles. The molecule has 0 radical (unpaired) electrons. The van der Waals surface area contributed by atoms with Crippen molar-refractivity contribution in [1.82, 2.24) is 0 Å². The van der Waals surface area contributed by atoms with Crippen LogP contribution in [0.1, 0.15) is 30.5 Å². The van der Waals surface area contributed by atoms with Gasteiger partial charge in [-0.05, 0) is 31.0 Å². The molecule has 0 heterocycles. The van der Waals surface area contributed by atoms with Gasteiger partial charge in [0, 0.05) is 6.20 Å². The van der Waals surface area contributed by atoms with E-state index in [0.717, 1.165) is 16.8 Å². The Bertz CT molecular complexity index is 589. The molecule has 4 N–H and O–H groups in total. The SMILES string of the molecule is CC.Cc1ccc(N(N)/C=C(\N)c2ccccc2)c(C)c1. The van der Waals surface area contributed by atoms with Gasteiger partial charge >= 0.3 is 0 Å². The molecule has 0 saturated carbocycles. The normalized spacial score (nSPS) is 10.6. The Morgan fingerprint density at radius 1 is 1.00 bits per heavy atom. The molecule has 0 spiro atoms. The highest BCUT2D eigenvalue weighted by molar-refractivity contribution is 5.67. The molecule has 0 fully saturated rings. The summed E-state index contributed by atoms with van der Waals surface area (Å²) in [7, 11) is 0. The number of benzene rings is 2. The minimum atomic E-state index is 0.642. The Morgan fingerprint density at radius 3 is 2.19 bits per heavy atom. The highest BCUT2D eigenvalue weighted by atomic mass is 15.4. The van der Waals surface area contributed by atoms with Gasteiger partial charge in [0.1, 0.15) is 0 Å². The Kier molecular flexibility index (Phi) is 6.50. The van der Waals surface area contributed by atoms with Crippen molar-refractivity contribution < 1.29 is 0 Å². The molecular formula is C18H25N3. The van der Waals surface area contributed by atoms with E-state index in [9.17, 15) is 0 Å². The molecule has 3 heteroatoms. The van der Waals surface area contributed by atoms with Gasteiger partial charge < -0.3 is 5.73 Å². The molecule has 0 bridgehead atoms. The molecule has 0 aliphatic heterocycles.